The fourth-order valence-electron chi connectivity index (χ4n) is 4.18. The number of aromatic amines is 1. The highest BCUT2D eigenvalue weighted by Crippen LogP contribution is 2.23. The van der Waals surface area contributed by atoms with Gasteiger partial charge in [-0.25, -0.2) is 8.42 Å². The van der Waals surface area contributed by atoms with Gasteiger partial charge in [-0.2, -0.15) is 4.31 Å². The van der Waals surface area contributed by atoms with Crippen molar-refractivity contribution in [2.75, 3.05) is 26.2 Å². The molecule has 1 aliphatic heterocycles. The van der Waals surface area contributed by atoms with Gasteiger partial charge in [0.25, 0.3) is 0 Å². The number of hydrogen-bond acceptors (Lipinski definition) is 3. The van der Waals surface area contributed by atoms with Crippen LogP contribution < -0.4 is 4.90 Å². The van der Waals surface area contributed by atoms with Gasteiger partial charge < -0.3 is 9.88 Å². The Morgan fingerprint density at radius 1 is 1.03 bits per heavy atom. The van der Waals surface area contributed by atoms with Crippen molar-refractivity contribution in [3.63, 3.8) is 0 Å². The first-order valence-corrected chi connectivity index (χ1v) is 11.3. The molecule has 0 saturated carbocycles. The predicted molar refractivity (Wildman–Crippen MR) is 113 cm³/mol. The molecule has 0 spiro atoms. The summed E-state index contributed by atoms with van der Waals surface area (Å²) in [5.41, 5.74) is 2.60. The minimum Gasteiger partial charge on any atom is -0.358 e. The zero-order chi connectivity index (χ0) is 20.6. The minimum atomic E-state index is -3.48. The first kappa shape index (κ1) is 19.8. The molecule has 1 atom stereocenters. The quantitative estimate of drug-likeness (QED) is 0.626. The average Bonchev–Trinajstić information content (AvgIpc) is 3.09. The van der Waals surface area contributed by atoms with Crippen molar-refractivity contribution >= 4 is 26.7 Å². The molecule has 1 saturated heterocycles. The Hall–Kier alpha value is -2.48. The second-order valence-electron chi connectivity index (χ2n) is 7.63. The first-order chi connectivity index (χ1) is 13.9. The van der Waals surface area contributed by atoms with Crippen molar-refractivity contribution in [2.24, 2.45) is 0 Å². The lowest BCUT2D eigenvalue weighted by molar-refractivity contribution is -0.917. The number of H-pyrrole nitrogens is 1. The number of para-hydroxylation sites is 1. The Kier molecular flexibility index (Phi) is 5.29. The van der Waals surface area contributed by atoms with E-state index in [1.54, 1.807) is 30.3 Å². The van der Waals surface area contributed by atoms with E-state index in [0.717, 1.165) is 27.1 Å². The van der Waals surface area contributed by atoms with Crippen molar-refractivity contribution in [1.29, 1.82) is 0 Å². The number of rotatable bonds is 5. The van der Waals surface area contributed by atoms with E-state index < -0.39 is 10.0 Å². The molecule has 6 nitrogen and oxygen atoms in total. The molecular weight excluding hydrogens is 386 g/mol. The van der Waals surface area contributed by atoms with Crippen LogP contribution in [0.4, 0.5) is 0 Å². The third-order valence-corrected chi connectivity index (χ3v) is 7.80. The molecule has 2 heterocycles. The lowest BCUT2D eigenvalue weighted by Gasteiger charge is -2.34. The molecule has 0 bridgehead atoms. The second-order valence-corrected chi connectivity index (χ2v) is 9.57. The number of nitrogens with one attached hydrogen (secondary N) is 2. The summed E-state index contributed by atoms with van der Waals surface area (Å²) in [6.45, 7) is 5.93. The smallest absolute Gasteiger partial charge is 0.243 e. The molecular formula is C22H26N3O3S+. The number of nitrogens with zero attached hydrogens (tertiary/aromatic N) is 1. The summed E-state index contributed by atoms with van der Waals surface area (Å²) < 4.78 is 27.2. The van der Waals surface area contributed by atoms with E-state index in [9.17, 15) is 13.2 Å². The van der Waals surface area contributed by atoms with Gasteiger partial charge in [0, 0.05) is 16.6 Å². The number of piperazine rings is 1. The molecule has 2 aromatic carbocycles. The van der Waals surface area contributed by atoms with Crippen LogP contribution in [0.2, 0.25) is 0 Å². The number of aromatic nitrogens is 1. The number of fused-ring (bicyclic) bond motifs is 1. The molecule has 3 aromatic rings. The Morgan fingerprint density at radius 2 is 1.66 bits per heavy atom. The van der Waals surface area contributed by atoms with Crippen LogP contribution in [0.25, 0.3) is 10.9 Å². The summed E-state index contributed by atoms with van der Waals surface area (Å²) in [6, 6.07) is 16.1. The molecule has 1 aliphatic rings. The molecule has 152 valence electrons. The summed E-state index contributed by atoms with van der Waals surface area (Å²) in [7, 11) is -3.48. The largest absolute Gasteiger partial charge is 0.358 e. The second kappa shape index (κ2) is 7.74. The summed E-state index contributed by atoms with van der Waals surface area (Å²) in [5.74, 6) is 0.106. The third kappa shape index (κ3) is 3.61. The van der Waals surface area contributed by atoms with E-state index >= 15 is 0 Å². The van der Waals surface area contributed by atoms with Gasteiger partial charge in [-0.15, -0.1) is 0 Å². The Balaban J connectivity index is 1.48. The summed E-state index contributed by atoms with van der Waals surface area (Å²) in [6.07, 6.45) is 0. The first-order valence-electron chi connectivity index (χ1n) is 9.91. The van der Waals surface area contributed by atoms with Gasteiger partial charge in [0.1, 0.15) is 6.04 Å². The lowest BCUT2D eigenvalue weighted by atomic mass is 10.0. The molecule has 0 radical (unpaired) electrons. The SMILES string of the molecule is Cc1[nH]c2ccccc2c1C(=O)[C@H](C)[NH+]1CCN(S(=O)(=O)c2ccccc2)CC1. The molecule has 4 rings (SSSR count). The topological polar surface area (TPSA) is 74.7 Å². The van der Waals surface area contributed by atoms with Gasteiger partial charge in [0.05, 0.1) is 36.6 Å². The Bertz CT molecular complexity index is 1130. The number of carbonyl (C=O) groups is 1. The van der Waals surface area contributed by atoms with Crippen molar-refractivity contribution in [2.45, 2.75) is 24.8 Å². The fourth-order valence-corrected chi connectivity index (χ4v) is 5.65. The maximum Gasteiger partial charge on any atom is 0.243 e. The van der Waals surface area contributed by atoms with E-state index in [-0.39, 0.29) is 11.8 Å². The normalized spacial score (nSPS) is 17.4. The summed E-state index contributed by atoms with van der Waals surface area (Å²) in [4.78, 5) is 18.0. The van der Waals surface area contributed by atoms with Gasteiger partial charge >= 0.3 is 0 Å². The van der Waals surface area contributed by atoms with Crippen molar-refractivity contribution in [3.8, 4) is 0 Å². The highest BCUT2D eigenvalue weighted by atomic mass is 32.2. The van der Waals surface area contributed by atoms with Crippen LogP contribution in [-0.4, -0.2) is 55.7 Å². The van der Waals surface area contributed by atoms with Gasteiger partial charge in [0.15, 0.2) is 0 Å². The maximum absolute atomic E-state index is 13.3. The zero-order valence-electron chi connectivity index (χ0n) is 16.7. The van der Waals surface area contributed by atoms with Crippen molar-refractivity contribution < 1.29 is 18.1 Å². The number of hydrogen-bond donors (Lipinski definition) is 2. The van der Waals surface area contributed by atoms with Gasteiger partial charge in [-0.05, 0) is 32.0 Å². The number of benzene rings is 2. The molecule has 7 heteroatoms. The number of quaternary nitrogens is 1. The zero-order valence-corrected chi connectivity index (χ0v) is 17.5. The van der Waals surface area contributed by atoms with E-state index in [1.807, 2.05) is 38.1 Å². The van der Waals surface area contributed by atoms with Crippen molar-refractivity contribution in [1.82, 2.24) is 9.29 Å². The standard InChI is InChI=1S/C22H25N3O3S/c1-16-21(19-10-6-7-11-20(19)23-16)22(26)17(2)24-12-14-25(15-13-24)29(27,28)18-8-4-3-5-9-18/h3-11,17,23H,12-15H2,1-2H3/p+1/t17-/m0/s1. The van der Waals surface area contributed by atoms with Crippen LogP contribution in [0.5, 0.6) is 0 Å². The van der Waals surface area contributed by atoms with Crippen LogP contribution in [0.3, 0.4) is 0 Å². The third-order valence-electron chi connectivity index (χ3n) is 5.89. The Morgan fingerprint density at radius 3 is 2.34 bits per heavy atom. The van der Waals surface area contributed by atoms with E-state index in [1.165, 1.54) is 4.31 Å². The maximum atomic E-state index is 13.3. The van der Waals surface area contributed by atoms with E-state index in [4.69, 9.17) is 0 Å². The fraction of sp³-hybridized carbons (Fsp3) is 0.318. The van der Waals surface area contributed by atoms with Crippen LogP contribution in [-0.2, 0) is 10.0 Å². The number of ketones is 1. The molecule has 0 aliphatic carbocycles. The summed E-state index contributed by atoms with van der Waals surface area (Å²) >= 11 is 0. The number of sulfonamides is 1. The minimum absolute atomic E-state index is 0.106. The van der Waals surface area contributed by atoms with Gasteiger partial charge in [0.2, 0.25) is 15.8 Å². The number of aryl methyl sites for hydroxylation is 1. The molecule has 0 amide bonds. The number of Topliss-reactive ketones (excluding diaryl/α,β-unsaturated/α-hetero) is 1. The number of carbonyl (C=O) groups excluding carboxylic acids is 1. The van der Waals surface area contributed by atoms with Gasteiger partial charge in [-0.3, -0.25) is 4.79 Å². The highest BCUT2D eigenvalue weighted by Gasteiger charge is 2.35. The molecule has 1 aromatic heterocycles. The molecule has 2 N–H and O–H groups in total. The van der Waals surface area contributed by atoms with Crippen LogP contribution in [0, 0.1) is 6.92 Å². The predicted octanol–water partition coefficient (Wildman–Crippen LogP) is 1.64. The van der Waals surface area contributed by atoms with Crippen LogP contribution in [0.15, 0.2) is 59.5 Å². The average molecular weight is 413 g/mol. The highest BCUT2D eigenvalue weighted by molar-refractivity contribution is 7.89. The van der Waals surface area contributed by atoms with Crippen molar-refractivity contribution in [3.05, 3.63) is 65.9 Å². The molecule has 0 unspecified atom stereocenters. The lowest BCUT2D eigenvalue weighted by Crippen LogP contribution is -3.18. The van der Waals surface area contributed by atoms with Gasteiger partial charge in [-0.1, -0.05) is 36.4 Å². The van der Waals surface area contributed by atoms with E-state index in [0.29, 0.717) is 31.1 Å². The van der Waals surface area contributed by atoms with Crippen LogP contribution >= 0.6 is 0 Å². The van der Waals surface area contributed by atoms with Crippen LogP contribution in [0.1, 0.15) is 23.0 Å². The monoisotopic (exact) mass is 412 g/mol. The Labute approximate surface area is 171 Å². The summed E-state index contributed by atoms with van der Waals surface area (Å²) in [5, 5.41) is 0.951. The molecule has 29 heavy (non-hydrogen) atoms. The molecule has 1 fully saturated rings. The van der Waals surface area contributed by atoms with E-state index in [2.05, 4.69) is 4.98 Å².